The Balaban J connectivity index is 3.76. The maximum absolute atomic E-state index is 11.1. The number of nitro groups is 2. The van der Waals surface area contributed by atoms with Gasteiger partial charge in [-0.05, 0) is 5.53 Å². The maximum atomic E-state index is 11.1. The molecule has 1 aromatic rings. The number of carbonyl (C=O) groups excluding carboxylic acids is 1. The van der Waals surface area contributed by atoms with Gasteiger partial charge in [0.2, 0.25) is 0 Å². The van der Waals surface area contributed by atoms with Gasteiger partial charge in [0.1, 0.15) is 5.56 Å². The fraction of sp³-hybridized carbons (Fsp3) is 0. The molecule has 11 heteroatoms. The van der Waals surface area contributed by atoms with Gasteiger partial charge in [-0.3, -0.25) is 25.0 Å². The lowest BCUT2D eigenvalue weighted by atomic mass is 10.1. The van der Waals surface area contributed by atoms with Crippen molar-refractivity contribution in [3.8, 4) is 0 Å². The number of primary amides is 1. The van der Waals surface area contributed by atoms with Crippen LogP contribution >= 0.6 is 0 Å². The second kappa shape index (κ2) is 4.76. The van der Waals surface area contributed by atoms with Crippen molar-refractivity contribution in [2.24, 2.45) is 10.8 Å². The molecule has 0 radical (unpaired) electrons. The standard InChI is InChI=1S/C7H4N6O5/c8-7(14)6-4(10-11-9)1-3(12(15)16)2-5(6)13(17)18/h1-2H,(H2,8,14). The molecule has 0 saturated carbocycles. The minimum Gasteiger partial charge on any atom is -0.365 e. The molecule has 18 heavy (non-hydrogen) atoms. The maximum Gasteiger partial charge on any atom is 0.289 e. The van der Waals surface area contributed by atoms with Gasteiger partial charge in [0, 0.05) is 11.0 Å². The molecule has 0 aliphatic heterocycles. The summed E-state index contributed by atoms with van der Waals surface area (Å²) in [5, 5.41) is 24.2. The van der Waals surface area contributed by atoms with Crippen LogP contribution in [-0.4, -0.2) is 15.8 Å². The van der Waals surface area contributed by atoms with Crippen molar-refractivity contribution in [1.29, 1.82) is 0 Å². The zero-order chi connectivity index (χ0) is 13.9. The molecule has 0 saturated heterocycles. The van der Waals surface area contributed by atoms with E-state index in [1.165, 1.54) is 0 Å². The molecule has 0 unspecified atom stereocenters. The van der Waals surface area contributed by atoms with Gasteiger partial charge >= 0.3 is 0 Å². The topological polar surface area (TPSA) is 178 Å². The van der Waals surface area contributed by atoms with Crippen LogP contribution < -0.4 is 5.73 Å². The predicted octanol–water partition coefficient (Wildman–Crippen LogP) is 1.54. The van der Waals surface area contributed by atoms with Crippen molar-refractivity contribution in [2.75, 3.05) is 0 Å². The summed E-state index contributed by atoms with van der Waals surface area (Å²) in [6, 6.07) is 1.29. The third kappa shape index (κ3) is 2.31. The summed E-state index contributed by atoms with van der Waals surface area (Å²) in [5.41, 5.74) is 10.3. The first-order chi connectivity index (χ1) is 8.38. The Hall–Kier alpha value is -3.20. The average Bonchev–Trinajstić information content (AvgIpc) is 2.27. The highest BCUT2D eigenvalue weighted by Crippen LogP contribution is 2.33. The minimum absolute atomic E-state index is 0.564. The Morgan fingerprint density at radius 2 is 1.94 bits per heavy atom. The highest BCUT2D eigenvalue weighted by Gasteiger charge is 2.26. The lowest BCUT2D eigenvalue weighted by molar-refractivity contribution is -0.394. The molecule has 1 rings (SSSR count). The van der Waals surface area contributed by atoms with Crippen molar-refractivity contribution in [2.45, 2.75) is 0 Å². The number of hydrogen-bond donors (Lipinski definition) is 1. The van der Waals surface area contributed by atoms with E-state index in [2.05, 4.69) is 10.0 Å². The molecule has 92 valence electrons. The van der Waals surface area contributed by atoms with E-state index in [1.807, 2.05) is 0 Å². The Labute approximate surface area is 97.7 Å². The molecule has 0 atom stereocenters. The molecular weight excluding hydrogens is 248 g/mol. The average molecular weight is 252 g/mol. The van der Waals surface area contributed by atoms with E-state index in [4.69, 9.17) is 11.3 Å². The van der Waals surface area contributed by atoms with Crippen LogP contribution in [0.5, 0.6) is 0 Å². The number of azide groups is 1. The monoisotopic (exact) mass is 252 g/mol. The van der Waals surface area contributed by atoms with Crippen molar-refractivity contribution in [3.63, 3.8) is 0 Å². The van der Waals surface area contributed by atoms with Crippen LogP contribution in [0.2, 0.25) is 0 Å². The van der Waals surface area contributed by atoms with Gasteiger partial charge in [0.15, 0.2) is 0 Å². The molecule has 0 heterocycles. The van der Waals surface area contributed by atoms with Crippen molar-refractivity contribution < 1.29 is 14.6 Å². The van der Waals surface area contributed by atoms with E-state index in [-0.39, 0.29) is 0 Å². The first-order valence-electron chi connectivity index (χ1n) is 4.20. The Kier molecular flexibility index (Phi) is 3.40. The lowest BCUT2D eigenvalue weighted by Gasteiger charge is -2.02. The fourth-order valence-corrected chi connectivity index (χ4v) is 1.23. The number of rotatable bonds is 4. The smallest absolute Gasteiger partial charge is 0.289 e. The van der Waals surface area contributed by atoms with Crippen molar-refractivity contribution >= 4 is 23.0 Å². The van der Waals surface area contributed by atoms with Crippen molar-refractivity contribution in [1.82, 2.24) is 0 Å². The number of nitrogens with zero attached hydrogens (tertiary/aromatic N) is 5. The molecule has 0 aliphatic carbocycles. The number of benzene rings is 1. The van der Waals surface area contributed by atoms with Crippen LogP contribution in [0.3, 0.4) is 0 Å². The normalized spacial score (nSPS) is 9.33. The zero-order valence-electron chi connectivity index (χ0n) is 8.51. The largest absolute Gasteiger partial charge is 0.365 e. The van der Waals surface area contributed by atoms with Gasteiger partial charge in [-0.15, -0.1) is 0 Å². The summed E-state index contributed by atoms with van der Waals surface area (Å²) in [6.45, 7) is 0. The highest BCUT2D eigenvalue weighted by molar-refractivity contribution is 6.02. The van der Waals surface area contributed by atoms with Crippen LogP contribution in [0.1, 0.15) is 10.4 Å². The number of amides is 1. The third-order valence-corrected chi connectivity index (χ3v) is 1.89. The van der Waals surface area contributed by atoms with Gasteiger partial charge in [-0.2, -0.15) is 0 Å². The first-order valence-corrected chi connectivity index (χ1v) is 4.20. The van der Waals surface area contributed by atoms with Crippen LogP contribution in [0.15, 0.2) is 17.2 Å². The van der Waals surface area contributed by atoms with Crippen LogP contribution in [0.25, 0.3) is 10.4 Å². The van der Waals surface area contributed by atoms with Gasteiger partial charge < -0.3 is 5.73 Å². The van der Waals surface area contributed by atoms with E-state index in [9.17, 15) is 25.0 Å². The summed E-state index contributed by atoms with van der Waals surface area (Å²) in [6.07, 6.45) is 0. The molecule has 1 amide bonds. The van der Waals surface area contributed by atoms with E-state index >= 15 is 0 Å². The van der Waals surface area contributed by atoms with E-state index in [1.54, 1.807) is 0 Å². The molecule has 1 aromatic carbocycles. The summed E-state index contributed by atoms with van der Waals surface area (Å²) < 4.78 is 0. The van der Waals surface area contributed by atoms with E-state index in [0.717, 1.165) is 6.07 Å². The molecular formula is C7H4N6O5. The lowest BCUT2D eigenvalue weighted by Crippen LogP contribution is -2.14. The zero-order valence-corrected chi connectivity index (χ0v) is 8.51. The predicted molar refractivity (Wildman–Crippen MR) is 57.1 cm³/mol. The van der Waals surface area contributed by atoms with Crippen LogP contribution in [0.4, 0.5) is 17.1 Å². The second-order valence-corrected chi connectivity index (χ2v) is 2.93. The Morgan fingerprint density at radius 3 is 2.33 bits per heavy atom. The molecule has 11 nitrogen and oxygen atoms in total. The van der Waals surface area contributed by atoms with E-state index in [0.29, 0.717) is 6.07 Å². The molecule has 0 spiro atoms. The van der Waals surface area contributed by atoms with Crippen LogP contribution in [-0.2, 0) is 0 Å². The Morgan fingerprint density at radius 1 is 1.33 bits per heavy atom. The molecule has 0 aromatic heterocycles. The SMILES string of the molecule is [N-]=[N+]=Nc1cc([N+](=O)[O-])cc([N+](=O)[O-])c1C(N)=O. The number of nitrogens with two attached hydrogens (primary N) is 1. The van der Waals surface area contributed by atoms with Gasteiger partial charge in [0.05, 0.1) is 21.6 Å². The van der Waals surface area contributed by atoms with Gasteiger partial charge in [0.25, 0.3) is 17.3 Å². The molecule has 0 aliphatic rings. The fourth-order valence-electron chi connectivity index (χ4n) is 1.23. The number of carbonyl (C=O) groups is 1. The highest BCUT2D eigenvalue weighted by atomic mass is 16.6. The van der Waals surface area contributed by atoms with Crippen molar-refractivity contribution in [3.05, 3.63) is 48.4 Å². The van der Waals surface area contributed by atoms with E-state index < -0.39 is 38.4 Å². The van der Waals surface area contributed by atoms with Crippen LogP contribution in [0, 0.1) is 20.2 Å². The van der Waals surface area contributed by atoms with Gasteiger partial charge in [-0.25, -0.2) is 0 Å². The second-order valence-electron chi connectivity index (χ2n) is 2.93. The molecule has 0 bridgehead atoms. The summed E-state index contributed by atoms with van der Waals surface area (Å²) in [4.78, 5) is 32.7. The number of non-ortho nitro benzene ring substituents is 1. The summed E-state index contributed by atoms with van der Waals surface area (Å²) in [7, 11) is 0. The number of nitro benzene ring substituents is 2. The minimum atomic E-state index is -1.22. The molecule has 0 fully saturated rings. The molecule has 2 N–H and O–H groups in total. The van der Waals surface area contributed by atoms with Gasteiger partial charge in [-0.1, -0.05) is 5.11 Å². The summed E-state index contributed by atoms with van der Waals surface area (Å²) in [5.74, 6) is -1.22. The summed E-state index contributed by atoms with van der Waals surface area (Å²) >= 11 is 0. The Bertz CT molecular complexity index is 581. The quantitative estimate of drug-likeness (QED) is 0.280. The first kappa shape index (κ1) is 12.9. The third-order valence-electron chi connectivity index (χ3n) is 1.89. The number of hydrogen-bond acceptors (Lipinski definition) is 6.